The molecule has 0 aliphatic heterocycles. The van der Waals surface area contributed by atoms with Crippen LogP contribution in [0.25, 0.3) is 0 Å². The molecule has 0 amide bonds. The summed E-state index contributed by atoms with van der Waals surface area (Å²) in [7, 11) is 0. The third kappa shape index (κ3) is 2.70. The van der Waals surface area contributed by atoms with E-state index < -0.39 is 0 Å². The zero-order chi connectivity index (χ0) is 10.6. The fraction of sp³-hybridized carbons (Fsp3) is 0.364. The summed E-state index contributed by atoms with van der Waals surface area (Å²) in [4.78, 5) is 11.6. The number of ether oxygens (including phenoxy) is 1. The van der Waals surface area contributed by atoms with Crippen molar-refractivity contribution in [2.24, 2.45) is 0 Å². The van der Waals surface area contributed by atoms with Crippen molar-refractivity contribution < 1.29 is 9.53 Å². The minimum Gasteiger partial charge on any atom is -0.462 e. The third-order valence-electron chi connectivity index (χ3n) is 1.95. The van der Waals surface area contributed by atoms with Crippen LogP contribution < -0.4 is 0 Å². The van der Waals surface area contributed by atoms with Gasteiger partial charge in [-0.25, -0.2) is 4.79 Å². The Morgan fingerprint density at radius 1 is 1.43 bits per heavy atom. The standard InChI is InChI=1S/C11H13IO2/c1-3-8-5-6-9(12)7-10(8)11(13)14-4-2/h5-7H,3-4H2,1-2H3. The van der Waals surface area contributed by atoms with Gasteiger partial charge in [0.2, 0.25) is 0 Å². The second kappa shape index (κ2) is 5.34. The number of halogens is 1. The first-order chi connectivity index (χ1) is 6.69. The van der Waals surface area contributed by atoms with Crippen molar-refractivity contribution in [3.63, 3.8) is 0 Å². The Morgan fingerprint density at radius 2 is 2.14 bits per heavy atom. The van der Waals surface area contributed by atoms with E-state index >= 15 is 0 Å². The van der Waals surface area contributed by atoms with Gasteiger partial charge in [-0.3, -0.25) is 0 Å². The Kier molecular flexibility index (Phi) is 4.38. The minimum atomic E-state index is -0.220. The molecule has 3 heteroatoms. The molecule has 0 aromatic heterocycles. The fourth-order valence-corrected chi connectivity index (χ4v) is 1.75. The maximum atomic E-state index is 11.6. The highest BCUT2D eigenvalue weighted by Crippen LogP contribution is 2.15. The van der Waals surface area contributed by atoms with Crippen LogP contribution in [0, 0.1) is 3.57 Å². The molecule has 0 aliphatic rings. The SMILES string of the molecule is CCOC(=O)c1cc(I)ccc1CC. The Balaban J connectivity index is 3.03. The monoisotopic (exact) mass is 304 g/mol. The number of aryl methyl sites for hydroxylation is 1. The number of carbonyl (C=O) groups is 1. The normalized spacial score (nSPS) is 9.93. The summed E-state index contributed by atoms with van der Waals surface area (Å²) >= 11 is 2.19. The van der Waals surface area contributed by atoms with Gasteiger partial charge in [-0.1, -0.05) is 13.0 Å². The highest BCUT2D eigenvalue weighted by molar-refractivity contribution is 14.1. The zero-order valence-corrected chi connectivity index (χ0v) is 10.5. The maximum Gasteiger partial charge on any atom is 0.338 e. The van der Waals surface area contributed by atoms with Crippen LogP contribution in [0.4, 0.5) is 0 Å². The van der Waals surface area contributed by atoms with Crippen molar-refractivity contribution in [1.29, 1.82) is 0 Å². The van der Waals surface area contributed by atoms with Crippen LogP contribution in [0.1, 0.15) is 29.8 Å². The third-order valence-corrected chi connectivity index (χ3v) is 2.62. The molecule has 0 aliphatic carbocycles. The Morgan fingerprint density at radius 3 is 2.71 bits per heavy atom. The molecule has 1 aromatic rings. The molecular weight excluding hydrogens is 291 g/mol. The van der Waals surface area contributed by atoms with Crippen molar-refractivity contribution in [3.05, 3.63) is 32.9 Å². The highest BCUT2D eigenvalue weighted by atomic mass is 127. The van der Waals surface area contributed by atoms with Crippen LogP contribution in [0.3, 0.4) is 0 Å². The second-order valence-electron chi connectivity index (χ2n) is 2.88. The van der Waals surface area contributed by atoms with Gasteiger partial charge in [-0.2, -0.15) is 0 Å². The van der Waals surface area contributed by atoms with Crippen molar-refractivity contribution in [3.8, 4) is 0 Å². The van der Waals surface area contributed by atoms with Crippen LogP contribution in [0.5, 0.6) is 0 Å². The van der Waals surface area contributed by atoms with E-state index in [0.717, 1.165) is 15.6 Å². The molecule has 14 heavy (non-hydrogen) atoms. The van der Waals surface area contributed by atoms with Gasteiger partial charge in [-0.05, 0) is 53.6 Å². The number of hydrogen-bond donors (Lipinski definition) is 0. The van der Waals surface area contributed by atoms with Gasteiger partial charge in [0, 0.05) is 3.57 Å². The van der Waals surface area contributed by atoms with Gasteiger partial charge in [0.1, 0.15) is 0 Å². The topological polar surface area (TPSA) is 26.3 Å². The molecule has 0 saturated heterocycles. The van der Waals surface area contributed by atoms with Crippen LogP contribution in [0.2, 0.25) is 0 Å². The first-order valence-electron chi connectivity index (χ1n) is 4.64. The number of benzene rings is 1. The second-order valence-corrected chi connectivity index (χ2v) is 4.12. The van der Waals surface area contributed by atoms with Crippen molar-refractivity contribution in [1.82, 2.24) is 0 Å². The lowest BCUT2D eigenvalue weighted by atomic mass is 10.1. The smallest absolute Gasteiger partial charge is 0.338 e. The van der Waals surface area contributed by atoms with Crippen molar-refractivity contribution in [2.75, 3.05) is 6.61 Å². The van der Waals surface area contributed by atoms with Crippen LogP contribution in [-0.2, 0) is 11.2 Å². The summed E-state index contributed by atoms with van der Waals surface area (Å²) < 4.78 is 6.04. The molecule has 0 heterocycles. The molecule has 0 saturated carbocycles. The van der Waals surface area contributed by atoms with E-state index in [1.54, 1.807) is 0 Å². The fourth-order valence-electron chi connectivity index (χ4n) is 1.26. The molecular formula is C11H13IO2. The van der Waals surface area contributed by atoms with E-state index in [9.17, 15) is 4.79 Å². The van der Waals surface area contributed by atoms with E-state index in [1.807, 2.05) is 32.0 Å². The number of carbonyl (C=O) groups excluding carboxylic acids is 1. The van der Waals surface area contributed by atoms with Gasteiger partial charge < -0.3 is 4.74 Å². The summed E-state index contributed by atoms with van der Waals surface area (Å²) in [6.45, 7) is 4.27. The minimum absolute atomic E-state index is 0.220. The molecule has 0 N–H and O–H groups in total. The maximum absolute atomic E-state index is 11.6. The summed E-state index contributed by atoms with van der Waals surface area (Å²) in [5.74, 6) is -0.220. The molecule has 76 valence electrons. The molecule has 0 fully saturated rings. The van der Waals surface area contributed by atoms with Gasteiger partial charge in [-0.15, -0.1) is 0 Å². The summed E-state index contributed by atoms with van der Waals surface area (Å²) in [6.07, 6.45) is 0.852. The van der Waals surface area contributed by atoms with Crippen LogP contribution >= 0.6 is 22.6 Å². The Bertz CT molecular complexity index is 334. The molecule has 0 unspecified atom stereocenters. The summed E-state index contributed by atoms with van der Waals surface area (Å²) in [5.41, 5.74) is 1.74. The quantitative estimate of drug-likeness (QED) is 0.634. The van der Waals surface area contributed by atoms with Gasteiger partial charge >= 0.3 is 5.97 Å². The molecule has 0 radical (unpaired) electrons. The molecule has 2 nitrogen and oxygen atoms in total. The van der Waals surface area contributed by atoms with E-state index in [2.05, 4.69) is 22.6 Å². The van der Waals surface area contributed by atoms with Crippen molar-refractivity contribution >= 4 is 28.6 Å². The molecule has 1 rings (SSSR count). The van der Waals surface area contributed by atoms with Crippen LogP contribution in [0.15, 0.2) is 18.2 Å². The number of esters is 1. The lowest BCUT2D eigenvalue weighted by Gasteiger charge is -2.07. The average molecular weight is 304 g/mol. The van der Waals surface area contributed by atoms with E-state index in [0.29, 0.717) is 12.2 Å². The lowest BCUT2D eigenvalue weighted by molar-refractivity contribution is 0.0525. The first-order valence-corrected chi connectivity index (χ1v) is 5.72. The van der Waals surface area contributed by atoms with E-state index in [1.165, 1.54) is 0 Å². The summed E-state index contributed by atoms with van der Waals surface area (Å²) in [6, 6.07) is 5.85. The number of rotatable bonds is 3. The largest absolute Gasteiger partial charge is 0.462 e. The van der Waals surface area contributed by atoms with Gasteiger partial charge in [0.25, 0.3) is 0 Å². The average Bonchev–Trinajstić information content (AvgIpc) is 2.18. The molecule has 0 atom stereocenters. The van der Waals surface area contributed by atoms with Gasteiger partial charge in [0.15, 0.2) is 0 Å². The Hall–Kier alpha value is -0.580. The van der Waals surface area contributed by atoms with Crippen LogP contribution in [-0.4, -0.2) is 12.6 Å². The van der Waals surface area contributed by atoms with Crippen molar-refractivity contribution in [2.45, 2.75) is 20.3 Å². The number of hydrogen-bond acceptors (Lipinski definition) is 2. The Labute approximate surface area is 97.8 Å². The van der Waals surface area contributed by atoms with E-state index in [-0.39, 0.29) is 5.97 Å². The predicted molar refractivity (Wildman–Crippen MR) is 64.5 cm³/mol. The molecule has 1 aromatic carbocycles. The summed E-state index contributed by atoms with van der Waals surface area (Å²) in [5, 5.41) is 0. The highest BCUT2D eigenvalue weighted by Gasteiger charge is 2.11. The molecule has 0 spiro atoms. The molecule has 0 bridgehead atoms. The first kappa shape index (κ1) is 11.5. The van der Waals surface area contributed by atoms with Gasteiger partial charge in [0.05, 0.1) is 12.2 Å². The lowest BCUT2D eigenvalue weighted by Crippen LogP contribution is -2.08. The van der Waals surface area contributed by atoms with E-state index in [4.69, 9.17) is 4.74 Å². The zero-order valence-electron chi connectivity index (χ0n) is 8.34. The predicted octanol–water partition coefficient (Wildman–Crippen LogP) is 3.03.